The summed E-state index contributed by atoms with van der Waals surface area (Å²) >= 11 is 12.4. The summed E-state index contributed by atoms with van der Waals surface area (Å²) in [5.41, 5.74) is 2.67. The quantitative estimate of drug-likeness (QED) is 0.492. The Kier molecular flexibility index (Phi) is 4.54. The molecule has 24 heavy (non-hydrogen) atoms. The van der Waals surface area contributed by atoms with Crippen molar-refractivity contribution in [1.82, 2.24) is 5.32 Å². The van der Waals surface area contributed by atoms with E-state index in [9.17, 15) is 9.59 Å². The van der Waals surface area contributed by atoms with Crippen molar-refractivity contribution in [2.24, 2.45) is 0 Å². The first-order valence-corrected chi connectivity index (χ1v) is 8.72. The molecule has 0 aliphatic carbocycles. The second-order valence-corrected chi connectivity index (χ2v) is 7.45. The Labute approximate surface area is 153 Å². The molecule has 2 amide bonds. The molecule has 0 spiro atoms. The number of hydrogen-bond donors (Lipinski definition) is 1. The van der Waals surface area contributed by atoms with E-state index in [0.717, 1.165) is 16.0 Å². The first-order valence-electron chi connectivity index (χ1n) is 7.11. The number of thiocarbonyl (C=S) groups is 1. The molecule has 0 saturated carbocycles. The van der Waals surface area contributed by atoms with Crippen molar-refractivity contribution in [3.05, 3.63) is 56.2 Å². The topological polar surface area (TPSA) is 49.4 Å². The second kappa shape index (κ2) is 6.47. The molecule has 2 aromatic rings. The number of anilines is 1. The van der Waals surface area contributed by atoms with Crippen LogP contribution < -0.4 is 10.2 Å². The van der Waals surface area contributed by atoms with Gasteiger partial charge in [0.1, 0.15) is 5.57 Å². The number of thiophene rings is 1. The smallest absolute Gasteiger partial charge is 0.270 e. The van der Waals surface area contributed by atoms with Crippen molar-refractivity contribution in [3.8, 4) is 0 Å². The average Bonchev–Trinajstić information content (AvgIpc) is 2.93. The summed E-state index contributed by atoms with van der Waals surface area (Å²) in [7, 11) is 0. The van der Waals surface area contributed by atoms with E-state index in [1.165, 1.54) is 22.3 Å². The Hall–Kier alpha value is -2.02. The van der Waals surface area contributed by atoms with E-state index >= 15 is 0 Å². The molecule has 0 bridgehead atoms. The van der Waals surface area contributed by atoms with Gasteiger partial charge in [0.05, 0.1) is 10.0 Å². The average molecular weight is 377 g/mol. The fraction of sp³-hybridized carbons (Fsp3) is 0.118. The summed E-state index contributed by atoms with van der Waals surface area (Å²) in [6.07, 6.45) is 1.54. The molecule has 1 aliphatic heterocycles. The van der Waals surface area contributed by atoms with E-state index < -0.39 is 11.8 Å². The molecular formula is C17H13ClN2O2S2. The lowest BCUT2D eigenvalue weighted by Gasteiger charge is -2.30. The van der Waals surface area contributed by atoms with Gasteiger partial charge < -0.3 is 0 Å². The summed E-state index contributed by atoms with van der Waals surface area (Å²) in [5, 5.41) is 2.67. The summed E-state index contributed by atoms with van der Waals surface area (Å²) in [6.45, 7) is 3.87. The minimum atomic E-state index is -0.504. The van der Waals surface area contributed by atoms with Crippen molar-refractivity contribution in [1.29, 1.82) is 0 Å². The molecule has 1 aliphatic rings. The number of nitrogens with zero attached hydrogens (tertiary/aromatic N) is 1. The summed E-state index contributed by atoms with van der Waals surface area (Å²) in [4.78, 5) is 27.2. The van der Waals surface area contributed by atoms with E-state index in [4.69, 9.17) is 23.8 Å². The van der Waals surface area contributed by atoms with E-state index in [2.05, 4.69) is 5.32 Å². The maximum absolute atomic E-state index is 12.9. The van der Waals surface area contributed by atoms with Crippen LogP contribution in [0.5, 0.6) is 0 Å². The summed E-state index contributed by atoms with van der Waals surface area (Å²) in [6, 6.07) is 9.10. The third-order valence-electron chi connectivity index (χ3n) is 3.80. The lowest BCUT2D eigenvalue weighted by Crippen LogP contribution is -2.54. The third kappa shape index (κ3) is 3.00. The number of carbonyl (C=O) groups excluding carboxylic acids is 2. The van der Waals surface area contributed by atoms with Crippen LogP contribution in [0.2, 0.25) is 4.34 Å². The minimum absolute atomic E-state index is 0.0306. The molecule has 0 radical (unpaired) electrons. The van der Waals surface area contributed by atoms with Gasteiger partial charge in [-0.25, -0.2) is 0 Å². The monoisotopic (exact) mass is 376 g/mol. The molecule has 1 aromatic heterocycles. The molecule has 2 heterocycles. The van der Waals surface area contributed by atoms with Crippen LogP contribution in [-0.2, 0) is 9.59 Å². The third-order valence-corrected chi connectivity index (χ3v) is 5.26. The van der Waals surface area contributed by atoms with Gasteiger partial charge in [-0.3, -0.25) is 19.8 Å². The van der Waals surface area contributed by atoms with Crippen LogP contribution in [0.1, 0.15) is 16.0 Å². The maximum Gasteiger partial charge on any atom is 0.270 e. The van der Waals surface area contributed by atoms with Gasteiger partial charge in [0, 0.05) is 4.88 Å². The second-order valence-electron chi connectivity index (χ2n) is 5.32. The van der Waals surface area contributed by atoms with Crippen LogP contribution in [-0.4, -0.2) is 16.9 Å². The SMILES string of the molecule is Cc1cccc(N2C(=O)C(=Cc3ccc(Cl)s3)C(=O)NC2=S)c1C. The predicted molar refractivity (Wildman–Crippen MR) is 101 cm³/mol. The molecule has 7 heteroatoms. The van der Waals surface area contributed by atoms with Gasteiger partial charge in [-0.15, -0.1) is 11.3 Å². The highest BCUT2D eigenvalue weighted by atomic mass is 35.5. The van der Waals surface area contributed by atoms with Gasteiger partial charge in [0.25, 0.3) is 11.8 Å². The number of rotatable bonds is 2. The van der Waals surface area contributed by atoms with Gasteiger partial charge >= 0.3 is 0 Å². The van der Waals surface area contributed by atoms with Crippen molar-refractivity contribution < 1.29 is 9.59 Å². The molecule has 1 fully saturated rings. The highest BCUT2D eigenvalue weighted by Gasteiger charge is 2.35. The Morgan fingerprint density at radius 1 is 1.21 bits per heavy atom. The zero-order valence-electron chi connectivity index (χ0n) is 12.9. The number of halogens is 1. The lowest BCUT2D eigenvalue weighted by atomic mass is 10.1. The van der Waals surface area contributed by atoms with Gasteiger partial charge in [0.15, 0.2) is 5.11 Å². The summed E-state index contributed by atoms with van der Waals surface area (Å²) < 4.78 is 0.590. The van der Waals surface area contributed by atoms with Crippen LogP contribution in [0.25, 0.3) is 6.08 Å². The molecule has 3 rings (SSSR count). The molecule has 1 saturated heterocycles. The maximum atomic E-state index is 12.9. The Balaban J connectivity index is 2.06. The van der Waals surface area contributed by atoms with Gasteiger partial charge in [-0.2, -0.15) is 0 Å². The largest absolute Gasteiger partial charge is 0.298 e. The van der Waals surface area contributed by atoms with E-state index in [-0.39, 0.29) is 10.7 Å². The lowest BCUT2D eigenvalue weighted by molar-refractivity contribution is -0.122. The van der Waals surface area contributed by atoms with Crippen molar-refractivity contribution in [2.75, 3.05) is 4.90 Å². The van der Waals surface area contributed by atoms with Crippen LogP contribution >= 0.6 is 35.2 Å². The highest BCUT2D eigenvalue weighted by molar-refractivity contribution is 7.80. The number of aryl methyl sites for hydroxylation is 1. The summed E-state index contributed by atoms with van der Waals surface area (Å²) in [5.74, 6) is -0.946. The van der Waals surface area contributed by atoms with Crippen molar-refractivity contribution in [2.45, 2.75) is 13.8 Å². The standard InChI is InChI=1S/C17H13ClN2O2S2/c1-9-4-3-5-13(10(9)2)20-16(22)12(15(21)19-17(20)23)8-11-6-7-14(18)24-11/h3-8H,1-2H3,(H,19,21,23). The zero-order chi connectivity index (χ0) is 17.4. The molecule has 0 atom stereocenters. The fourth-order valence-corrected chi connectivity index (χ4v) is 3.68. The first-order chi connectivity index (χ1) is 11.4. The molecule has 4 nitrogen and oxygen atoms in total. The normalized spacial score (nSPS) is 16.7. The molecule has 1 aromatic carbocycles. The van der Waals surface area contributed by atoms with Crippen LogP contribution in [0.4, 0.5) is 5.69 Å². The van der Waals surface area contributed by atoms with Crippen LogP contribution in [0.3, 0.4) is 0 Å². The van der Waals surface area contributed by atoms with E-state index in [1.807, 2.05) is 32.0 Å². The molecular weight excluding hydrogens is 364 g/mol. The van der Waals surface area contributed by atoms with Gasteiger partial charge in [-0.05, 0) is 61.5 Å². The van der Waals surface area contributed by atoms with E-state index in [0.29, 0.717) is 10.0 Å². The molecule has 0 unspecified atom stereocenters. The van der Waals surface area contributed by atoms with E-state index in [1.54, 1.807) is 12.1 Å². The highest BCUT2D eigenvalue weighted by Crippen LogP contribution is 2.28. The number of carbonyl (C=O) groups is 2. The van der Waals surface area contributed by atoms with Crippen LogP contribution in [0, 0.1) is 13.8 Å². The predicted octanol–water partition coefficient (Wildman–Crippen LogP) is 3.85. The number of nitrogens with one attached hydrogen (secondary N) is 1. The van der Waals surface area contributed by atoms with Crippen LogP contribution in [0.15, 0.2) is 35.9 Å². The number of hydrogen-bond acceptors (Lipinski definition) is 4. The number of amides is 2. The van der Waals surface area contributed by atoms with Gasteiger partial charge in [0.2, 0.25) is 0 Å². The minimum Gasteiger partial charge on any atom is -0.298 e. The Morgan fingerprint density at radius 2 is 1.96 bits per heavy atom. The molecule has 122 valence electrons. The Bertz CT molecular complexity index is 902. The Morgan fingerprint density at radius 3 is 2.62 bits per heavy atom. The van der Waals surface area contributed by atoms with Crippen molar-refractivity contribution >= 4 is 63.8 Å². The molecule has 1 N–H and O–H groups in total. The van der Waals surface area contributed by atoms with Gasteiger partial charge in [-0.1, -0.05) is 23.7 Å². The zero-order valence-corrected chi connectivity index (χ0v) is 15.3. The fourth-order valence-electron chi connectivity index (χ4n) is 2.40. The van der Waals surface area contributed by atoms with Crippen molar-refractivity contribution in [3.63, 3.8) is 0 Å². The first kappa shape index (κ1) is 16.8. The number of benzene rings is 1.